The van der Waals surface area contributed by atoms with Crippen molar-refractivity contribution in [1.29, 1.82) is 0 Å². The Morgan fingerprint density at radius 2 is 2.00 bits per heavy atom. The third kappa shape index (κ3) is 3.60. The fourth-order valence-corrected chi connectivity index (χ4v) is 1.32. The lowest BCUT2D eigenvalue weighted by molar-refractivity contribution is -0.102. The molecule has 84 valence electrons. The van der Waals surface area contributed by atoms with Crippen molar-refractivity contribution in [2.45, 2.75) is 12.6 Å². The lowest BCUT2D eigenvalue weighted by Crippen LogP contribution is -2.27. The van der Waals surface area contributed by atoms with Crippen molar-refractivity contribution >= 4 is 0 Å². The SMILES string of the molecule is COCCc1ccc(C(N)N(C)O)cc1. The van der Waals surface area contributed by atoms with Crippen LogP contribution in [0.2, 0.25) is 0 Å². The van der Waals surface area contributed by atoms with Crippen LogP contribution in [-0.4, -0.2) is 31.0 Å². The molecule has 0 aliphatic rings. The van der Waals surface area contributed by atoms with Gasteiger partial charge in [-0.2, -0.15) is 5.06 Å². The molecule has 0 heterocycles. The average molecular weight is 210 g/mol. The lowest BCUT2D eigenvalue weighted by atomic mass is 10.1. The van der Waals surface area contributed by atoms with Gasteiger partial charge in [-0.15, -0.1) is 0 Å². The zero-order valence-electron chi connectivity index (χ0n) is 9.18. The largest absolute Gasteiger partial charge is 0.384 e. The number of nitrogens with zero attached hydrogens (tertiary/aromatic N) is 1. The minimum Gasteiger partial charge on any atom is -0.384 e. The summed E-state index contributed by atoms with van der Waals surface area (Å²) in [6.45, 7) is 0.714. The Kier molecular flexibility index (Phi) is 4.71. The summed E-state index contributed by atoms with van der Waals surface area (Å²) in [5.41, 5.74) is 7.83. The van der Waals surface area contributed by atoms with E-state index in [9.17, 15) is 5.21 Å². The average Bonchev–Trinajstić information content (AvgIpc) is 2.26. The van der Waals surface area contributed by atoms with E-state index in [2.05, 4.69) is 0 Å². The van der Waals surface area contributed by atoms with Gasteiger partial charge in [0.1, 0.15) is 6.17 Å². The van der Waals surface area contributed by atoms with Gasteiger partial charge >= 0.3 is 0 Å². The van der Waals surface area contributed by atoms with Gasteiger partial charge in [0.25, 0.3) is 0 Å². The molecule has 0 amide bonds. The predicted octanol–water partition coefficient (Wildman–Crippen LogP) is 1.15. The highest BCUT2D eigenvalue weighted by atomic mass is 16.5. The van der Waals surface area contributed by atoms with Gasteiger partial charge in [-0.25, -0.2) is 0 Å². The molecule has 1 rings (SSSR count). The summed E-state index contributed by atoms with van der Waals surface area (Å²) in [5, 5.41) is 10.2. The van der Waals surface area contributed by atoms with Gasteiger partial charge in [0.15, 0.2) is 0 Å². The van der Waals surface area contributed by atoms with Crippen molar-refractivity contribution in [1.82, 2.24) is 5.06 Å². The molecule has 4 heteroatoms. The maximum Gasteiger partial charge on any atom is 0.107 e. The first kappa shape index (κ1) is 12.1. The number of hydrogen-bond acceptors (Lipinski definition) is 4. The Labute approximate surface area is 90.2 Å². The molecule has 4 nitrogen and oxygen atoms in total. The molecule has 1 atom stereocenters. The molecular weight excluding hydrogens is 192 g/mol. The molecule has 1 aromatic carbocycles. The molecule has 0 fully saturated rings. The zero-order chi connectivity index (χ0) is 11.3. The summed E-state index contributed by atoms with van der Waals surface area (Å²) in [6, 6.07) is 7.83. The van der Waals surface area contributed by atoms with Crippen molar-refractivity contribution in [3.05, 3.63) is 35.4 Å². The Hall–Kier alpha value is -0.940. The van der Waals surface area contributed by atoms with E-state index in [1.54, 1.807) is 7.11 Å². The maximum absolute atomic E-state index is 9.17. The number of nitrogens with two attached hydrogens (primary N) is 1. The van der Waals surface area contributed by atoms with E-state index in [1.165, 1.54) is 12.6 Å². The van der Waals surface area contributed by atoms with Gasteiger partial charge in [-0.3, -0.25) is 0 Å². The second-order valence-electron chi connectivity index (χ2n) is 3.50. The number of benzene rings is 1. The molecule has 0 aliphatic heterocycles. The smallest absolute Gasteiger partial charge is 0.107 e. The van der Waals surface area contributed by atoms with Gasteiger partial charge in [0.05, 0.1) is 6.61 Å². The molecule has 3 N–H and O–H groups in total. The van der Waals surface area contributed by atoms with Crippen LogP contribution in [-0.2, 0) is 11.2 Å². The highest BCUT2D eigenvalue weighted by molar-refractivity contribution is 5.24. The van der Waals surface area contributed by atoms with Gasteiger partial charge in [0.2, 0.25) is 0 Å². The number of methoxy groups -OCH3 is 1. The number of ether oxygens (including phenoxy) is 1. The van der Waals surface area contributed by atoms with E-state index >= 15 is 0 Å². The normalized spacial score (nSPS) is 13.1. The molecule has 0 saturated heterocycles. The van der Waals surface area contributed by atoms with Crippen LogP contribution >= 0.6 is 0 Å². The molecule has 0 aliphatic carbocycles. The van der Waals surface area contributed by atoms with E-state index in [1.807, 2.05) is 24.3 Å². The van der Waals surface area contributed by atoms with E-state index in [0.717, 1.165) is 17.0 Å². The van der Waals surface area contributed by atoms with Crippen LogP contribution in [0, 0.1) is 0 Å². The van der Waals surface area contributed by atoms with Crippen molar-refractivity contribution in [2.75, 3.05) is 20.8 Å². The second-order valence-corrected chi connectivity index (χ2v) is 3.50. The first-order chi connectivity index (χ1) is 7.15. The summed E-state index contributed by atoms with van der Waals surface area (Å²) in [7, 11) is 3.22. The molecule has 0 saturated carbocycles. The van der Waals surface area contributed by atoms with Crippen LogP contribution in [0.3, 0.4) is 0 Å². The summed E-state index contributed by atoms with van der Waals surface area (Å²) >= 11 is 0. The van der Waals surface area contributed by atoms with E-state index < -0.39 is 6.17 Å². The first-order valence-corrected chi connectivity index (χ1v) is 4.90. The van der Waals surface area contributed by atoms with Crippen LogP contribution in [0.4, 0.5) is 0 Å². The van der Waals surface area contributed by atoms with E-state index in [-0.39, 0.29) is 0 Å². The third-order valence-electron chi connectivity index (χ3n) is 2.32. The fourth-order valence-electron chi connectivity index (χ4n) is 1.32. The second kappa shape index (κ2) is 5.82. The Morgan fingerprint density at radius 3 is 2.47 bits per heavy atom. The third-order valence-corrected chi connectivity index (χ3v) is 2.32. The van der Waals surface area contributed by atoms with Crippen molar-refractivity contribution in [2.24, 2.45) is 5.73 Å². The van der Waals surface area contributed by atoms with E-state index in [0.29, 0.717) is 6.61 Å². The minimum atomic E-state index is -0.471. The van der Waals surface area contributed by atoms with Crippen LogP contribution in [0.5, 0.6) is 0 Å². The number of hydroxylamine groups is 2. The van der Waals surface area contributed by atoms with Crippen molar-refractivity contribution in [3.63, 3.8) is 0 Å². The van der Waals surface area contributed by atoms with Gasteiger partial charge < -0.3 is 15.7 Å². The quantitative estimate of drug-likeness (QED) is 0.565. The van der Waals surface area contributed by atoms with Crippen LogP contribution in [0.25, 0.3) is 0 Å². The summed E-state index contributed by atoms with van der Waals surface area (Å²) in [5.74, 6) is 0. The first-order valence-electron chi connectivity index (χ1n) is 4.90. The molecular formula is C11H18N2O2. The number of hydrogen-bond donors (Lipinski definition) is 2. The van der Waals surface area contributed by atoms with Crippen LogP contribution < -0.4 is 5.73 Å². The molecule has 1 unspecified atom stereocenters. The summed E-state index contributed by atoms with van der Waals surface area (Å²) < 4.78 is 4.99. The van der Waals surface area contributed by atoms with Crippen molar-refractivity contribution < 1.29 is 9.94 Å². The fraction of sp³-hybridized carbons (Fsp3) is 0.455. The topological polar surface area (TPSA) is 58.7 Å². The number of rotatable bonds is 5. The lowest BCUT2D eigenvalue weighted by Gasteiger charge is -2.18. The monoisotopic (exact) mass is 210 g/mol. The summed E-state index contributed by atoms with van der Waals surface area (Å²) in [6.07, 6.45) is 0.419. The molecule has 15 heavy (non-hydrogen) atoms. The van der Waals surface area contributed by atoms with E-state index in [4.69, 9.17) is 10.5 Å². The Bertz CT molecular complexity index is 285. The van der Waals surface area contributed by atoms with Gasteiger partial charge in [-0.1, -0.05) is 24.3 Å². The Balaban J connectivity index is 2.63. The maximum atomic E-state index is 9.17. The molecule has 0 spiro atoms. The van der Waals surface area contributed by atoms with Crippen LogP contribution in [0.1, 0.15) is 17.3 Å². The molecule has 0 bridgehead atoms. The molecule has 0 aromatic heterocycles. The molecule has 1 aromatic rings. The van der Waals surface area contributed by atoms with Crippen LogP contribution in [0.15, 0.2) is 24.3 Å². The predicted molar refractivity (Wildman–Crippen MR) is 58.5 cm³/mol. The standard InChI is InChI=1S/C11H18N2O2/c1-13(14)11(12)10-5-3-9(4-6-10)7-8-15-2/h3-6,11,14H,7-8,12H2,1-2H3. The minimum absolute atomic E-state index is 0.471. The van der Waals surface area contributed by atoms with Gasteiger partial charge in [-0.05, 0) is 17.5 Å². The highest BCUT2D eigenvalue weighted by Crippen LogP contribution is 2.13. The van der Waals surface area contributed by atoms with Crippen molar-refractivity contribution in [3.8, 4) is 0 Å². The summed E-state index contributed by atoms with van der Waals surface area (Å²) in [4.78, 5) is 0. The Morgan fingerprint density at radius 1 is 1.40 bits per heavy atom. The zero-order valence-corrected chi connectivity index (χ0v) is 9.18. The molecule has 0 radical (unpaired) electrons. The van der Waals surface area contributed by atoms with Gasteiger partial charge in [0, 0.05) is 14.2 Å². The highest BCUT2D eigenvalue weighted by Gasteiger charge is 2.08.